The Labute approximate surface area is 130 Å². The molecule has 0 aliphatic carbocycles. The number of rotatable bonds is 3. The van der Waals surface area contributed by atoms with Gasteiger partial charge in [-0.25, -0.2) is 9.78 Å². The largest absolute Gasteiger partial charge is 0.453 e. The summed E-state index contributed by atoms with van der Waals surface area (Å²) in [5, 5.41) is 0. The van der Waals surface area contributed by atoms with Crippen molar-refractivity contribution in [2.24, 2.45) is 5.92 Å². The van der Waals surface area contributed by atoms with Crippen LogP contribution in [0.4, 0.5) is 4.79 Å². The first-order valence-electron chi connectivity index (χ1n) is 7.68. The standard InChI is InChI=1S/C17H21N3O2/c1-22-17(21)20-9-5-6-13(12-20)10-15-11-18-16(19-15)14-7-3-2-4-8-14/h2-4,7-8,11,13H,5-6,9-10,12H2,1H3,(H,18,19). The maximum atomic E-state index is 11.6. The molecule has 5 heteroatoms. The Morgan fingerprint density at radius 1 is 1.41 bits per heavy atom. The molecule has 1 aromatic heterocycles. The molecule has 1 aromatic carbocycles. The number of nitrogens with zero attached hydrogens (tertiary/aromatic N) is 2. The maximum absolute atomic E-state index is 11.6. The van der Waals surface area contributed by atoms with Crippen LogP contribution in [0.1, 0.15) is 18.5 Å². The first kappa shape index (κ1) is 14.6. The van der Waals surface area contributed by atoms with E-state index in [0.717, 1.165) is 49.4 Å². The van der Waals surface area contributed by atoms with E-state index >= 15 is 0 Å². The van der Waals surface area contributed by atoms with Crippen LogP contribution in [-0.4, -0.2) is 41.2 Å². The number of hydrogen-bond acceptors (Lipinski definition) is 3. The van der Waals surface area contributed by atoms with Crippen molar-refractivity contribution in [1.29, 1.82) is 0 Å². The van der Waals surface area contributed by atoms with Crippen LogP contribution in [0, 0.1) is 5.92 Å². The monoisotopic (exact) mass is 299 g/mol. The Kier molecular flexibility index (Phi) is 4.42. The van der Waals surface area contributed by atoms with E-state index in [-0.39, 0.29) is 6.09 Å². The number of amides is 1. The fraction of sp³-hybridized carbons (Fsp3) is 0.412. The van der Waals surface area contributed by atoms with Gasteiger partial charge in [0.15, 0.2) is 0 Å². The van der Waals surface area contributed by atoms with Crippen molar-refractivity contribution in [2.75, 3.05) is 20.2 Å². The predicted molar refractivity (Wildman–Crippen MR) is 84.4 cm³/mol. The van der Waals surface area contributed by atoms with Crippen LogP contribution in [0.5, 0.6) is 0 Å². The Balaban J connectivity index is 1.64. The van der Waals surface area contributed by atoms with E-state index in [0.29, 0.717) is 5.92 Å². The smallest absolute Gasteiger partial charge is 0.409 e. The van der Waals surface area contributed by atoms with Crippen molar-refractivity contribution in [1.82, 2.24) is 14.9 Å². The molecule has 0 saturated carbocycles. The predicted octanol–water partition coefficient (Wildman–Crippen LogP) is 3.10. The minimum atomic E-state index is -0.223. The lowest BCUT2D eigenvalue weighted by Gasteiger charge is -2.31. The van der Waals surface area contributed by atoms with Crippen LogP contribution in [-0.2, 0) is 11.2 Å². The molecular weight excluding hydrogens is 278 g/mol. The molecule has 1 saturated heterocycles. The highest BCUT2D eigenvalue weighted by molar-refractivity contribution is 5.67. The summed E-state index contributed by atoms with van der Waals surface area (Å²) in [5.74, 6) is 1.35. The van der Waals surface area contributed by atoms with Crippen LogP contribution >= 0.6 is 0 Å². The molecule has 1 amide bonds. The second-order valence-electron chi connectivity index (χ2n) is 5.75. The number of hydrogen-bond donors (Lipinski definition) is 1. The van der Waals surface area contributed by atoms with Crippen molar-refractivity contribution in [2.45, 2.75) is 19.3 Å². The number of benzene rings is 1. The average molecular weight is 299 g/mol. The number of nitrogens with one attached hydrogen (secondary N) is 1. The van der Waals surface area contributed by atoms with E-state index in [1.807, 2.05) is 36.5 Å². The molecule has 116 valence electrons. The van der Waals surface area contributed by atoms with E-state index in [1.165, 1.54) is 7.11 Å². The third kappa shape index (κ3) is 3.30. The number of ether oxygens (including phenoxy) is 1. The summed E-state index contributed by atoms with van der Waals surface area (Å²) < 4.78 is 4.82. The number of likely N-dealkylation sites (tertiary alicyclic amines) is 1. The van der Waals surface area contributed by atoms with Gasteiger partial charge in [0.25, 0.3) is 0 Å². The lowest BCUT2D eigenvalue weighted by molar-refractivity contribution is 0.102. The Morgan fingerprint density at radius 3 is 3.00 bits per heavy atom. The molecule has 0 spiro atoms. The Hall–Kier alpha value is -2.30. The molecule has 1 aliphatic heterocycles. The molecular formula is C17H21N3O2. The third-order valence-electron chi connectivity index (χ3n) is 4.14. The van der Waals surface area contributed by atoms with Gasteiger partial charge in [0, 0.05) is 30.5 Å². The second-order valence-corrected chi connectivity index (χ2v) is 5.75. The summed E-state index contributed by atoms with van der Waals surface area (Å²) in [6.45, 7) is 1.55. The third-order valence-corrected chi connectivity index (χ3v) is 4.14. The zero-order valence-corrected chi connectivity index (χ0v) is 12.8. The highest BCUT2D eigenvalue weighted by Gasteiger charge is 2.24. The molecule has 1 atom stereocenters. The van der Waals surface area contributed by atoms with Gasteiger partial charge in [-0.2, -0.15) is 0 Å². The van der Waals surface area contributed by atoms with Gasteiger partial charge in [-0.3, -0.25) is 0 Å². The highest BCUT2D eigenvalue weighted by Crippen LogP contribution is 2.22. The van der Waals surface area contributed by atoms with Gasteiger partial charge < -0.3 is 14.6 Å². The lowest BCUT2D eigenvalue weighted by Crippen LogP contribution is -2.40. The normalized spacial score (nSPS) is 18.2. The minimum Gasteiger partial charge on any atom is -0.453 e. The number of carbonyl (C=O) groups is 1. The van der Waals surface area contributed by atoms with Crippen LogP contribution in [0.15, 0.2) is 36.5 Å². The molecule has 1 fully saturated rings. The number of aromatic nitrogens is 2. The van der Waals surface area contributed by atoms with E-state index in [2.05, 4.69) is 9.97 Å². The average Bonchev–Trinajstić information content (AvgIpc) is 3.03. The molecule has 0 bridgehead atoms. The van der Waals surface area contributed by atoms with E-state index in [4.69, 9.17) is 4.74 Å². The first-order chi connectivity index (χ1) is 10.8. The molecule has 0 radical (unpaired) electrons. The van der Waals surface area contributed by atoms with Gasteiger partial charge in [0.05, 0.1) is 7.11 Å². The topological polar surface area (TPSA) is 58.2 Å². The van der Waals surface area contributed by atoms with Crippen LogP contribution in [0.25, 0.3) is 11.4 Å². The summed E-state index contributed by atoms with van der Waals surface area (Å²) in [7, 11) is 1.44. The molecule has 1 N–H and O–H groups in total. The summed E-state index contributed by atoms with van der Waals surface area (Å²) >= 11 is 0. The summed E-state index contributed by atoms with van der Waals surface area (Å²) in [6, 6.07) is 10.1. The molecule has 1 aliphatic rings. The van der Waals surface area contributed by atoms with Gasteiger partial charge >= 0.3 is 6.09 Å². The number of piperidine rings is 1. The van der Waals surface area contributed by atoms with E-state index in [1.54, 1.807) is 4.90 Å². The fourth-order valence-corrected chi connectivity index (χ4v) is 3.04. The number of H-pyrrole nitrogens is 1. The van der Waals surface area contributed by atoms with E-state index in [9.17, 15) is 4.79 Å². The zero-order chi connectivity index (χ0) is 15.4. The number of methoxy groups -OCH3 is 1. The van der Waals surface area contributed by atoms with Crippen LogP contribution in [0.3, 0.4) is 0 Å². The molecule has 5 nitrogen and oxygen atoms in total. The van der Waals surface area contributed by atoms with Crippen molar-refractivity contribution >= 4 is 6.09 Å². The molecule has 22 heavy (non-hydrogen) atoms. The van der Waals surface area contributed by atoms with Gasteiger partial charge in [-0.15, -0.1) is 0 Å². The van der Waals surface area contributed by atoms with Crippen molar-refractivity contribution in [3.8, 4) is 11.4 Å². The van der Waals surface area contributed by atoms with Gasteiger partial charge in [0.1, 0.15) is 5.82 Å². The minimum absolute atomic E-state index is 0.223. The maximum Gasteiger partial charge on any atom is 0.409 e. The zero-order valence-electron chi connectivity index (χ0n) is 12.8. The van der Waals surface area contributed by atoms with Crippen LogP contribution in [0.2, 0.25) is 0 Å². The highest BCUT2D eigenvalue weighted by atomic mass is 16.5. The molecule has 2 heterocycles. The number of carbonyl (C=O) groups excluding carboxylic acids is 1. The summed E-state index contributed by atoms with van der Waals surface area (Å²) in [4.78, 5) is 21.3. The SMILES string of the molecule is COC(=O)N1CCCC(Cc2cnc(-c3ccccc3)[nH]2)C1. The van der Waals surface area contributed by atoms with Gasteiger partial charge in [-0.05, 0) is 25.2 Å². The molecule has 2 aromatic rings. The van der Waals surface area contributed by atoms with E-state index < -0.39 is 0 Å². The van der Waals surface area contributed by atoms with Crippen molar-refractivity contribution in [3.05, 3.63) is 42.2 Å². The van der Waals surface area contributed by atoms with Crippen molar-refractivity contribution < 1.29 is 9.53 Å². The quantitative estimate of drug-likeness (QED) is 0.947. The second kappa shape index (κ2) is 6.64. The number of imidazole rings is 1. The molecule has 3 rings (SSSR count). The fourth-order valence-electron chi connectivity index (χ4n) is 3.04. The van der Waals surface area contributed by atoms with Gasteiger partial charge in [-0.1, -0.05) is 30.3 Å². The first-order valence-corrected chi connectivity index (χ1v) is 7.68. The van der Waals surface area contributed by atoms with Crippen LogP contribution < -0.4 is 0 Å². The number of aromatic amines is 1. The lowest BCUT2D eigenvalue weighted by atomic mass is 9.94. The Bertz CT molecular complexity index is 624. The molecule has 1 unspecified atom stereocenters. The summed E-state index contributed by atoms with van der Waals surface area (Å²) in [6.07, 6.45) is 4.75. The summed E-state index contributed by atoms with van der Waals surface area (Å²) in [5.41, 5.74) is 2.21. The Morgan fingerprint density at radius 2 is 2.23 bits per heavy atom. The van der Waals surface area contributed by atoms with Crippen molar-refractivity contribution in [3.63, 3.8) is 0 Å². The van der Waals surface area contributed by atoms with Gasteiger partial charge in [0.2, 0.25) is 0 Å².